The summed E-state index contributed by atoms with van der Waals surface area (Å²) in [5.41, 5.74) is -6.38. The molecule has 1 aliphatic heterocycles. The summed E-state index contributed by atoms with van der Waals surface area (Å²) in [4.78, 5) is 53.6. The average Bonchev–Trinajstić information content (AvgIpc) is 3.01. The molecule has 4 aliphatic rings. The number of allylic oxidation sites excluding steroid dienone is 6. The van der Waals surface area contributed by atoms with Crippen LogP contribution in [0.1, 0.15) is 54.4 Å². The van der Waals surface area contributed by atoms with Gasteiger partial charge in [0.25, 0.3) is 0 Å². The molecule has 0 aromatic rings. The van der Waals surface area contributed by atoms with Crippen molar-refractivity contribution in [2.45, 2.75) is 65.6 Å². The largest absolute Gasteiger partial charge is 0.508 e. The van der Waals surface area contributed by atoms with Crippen LogP contribution in [-0.2, 0) is 23.9 Å². The van der Waals surface area contributed by atoms with Crippen molar-refractivity contribution >= 4 is 23.3 Å². The van der Waals surface area contributed by atoms with Crippen molar-refractivity contribution in [3.05, 3.63) is 59.1 Å². The zero-order chi connectivity index (χ0) is 27.2. The van der Waals surface area contributed by atoms with Crippen molar-refractivity contribution in [3.8, 4) is 0 Å². The van der Waals surface area contributed by atoms with Crippen molar-refractivity contribution in [3.63, 3.8) is 0 Å². The van der Waals surface area contributed by atoms with E-state index >= 15 is 0 Å². The number of aliphatic hydroxyl groups excluding tert-OH is 2. The lowest BCUT2D eigenvalue weighted by Gasteiger charge is -2.61. The van der Waals surface area contributed by atoms with Gasteiger partial charge in [0.1, 0.15) is 28.3 Å². The number of ether oxygens (including phenoxy) is 1. The molecule has 36 heavy (non-hydrogen) atoms. The standard InChI is InChI=1S/C28H34O8/c1-7-9-11-13-16(29)18-20-21(28(6)22(31)15(3)24(33)36-28)19(17(30)14-12-10-8-2)26(4,23(18)32)25(34)27(20,5)35/h7-11,13,19-21,29,31,35H,12,14H2,1-6H3/b9-7+,10-8+,13-11+,18-16?/t19-,20-,21-,26-,27?,28-/m1/s1. The first-order valence-electron chi connectivity index (χ1n) is 12.0. The SMILES string of the molecule is C/C=C/C=C/C(O)=C1C(=O)[C@]2(C)C(=O)C(C)(O)[C@H]1[C@H]([C@@]1(C)OC(=O)C(C)=C1O)[C@H]2C(=O)CC/C=C/C. The average molecular weight is 499 g/mol. The number of esters is 1. The van der Waals surface area contributed by atoms with Gasteiger partial charge in [-0.2, -0.15) is 0 Å². The van der Waals surface area contributed by atoms with E-state index in [1.807, 2.05) is 0 Å². The number of aliphatic hydroxyl groups is 3. The Balaban J connectivity index is 2.36. The van der Waals surface area contributed by atoms with Gasteiger partial charge in [0, 0.05) is 29.7 Å². The number of fused-ring (bicyclic) bond motifs is 3. The second-order valence-electron chi connectivity index (χ2n) is 10.2. The molecule has 194 valence electrons. The van der Waals surface area contributed by atoms with Gasteiger partial charge in [-0.3, -0.25) is 14.4 Å². The lowest BCUT2D eigenvalue weighted by Crippen LogP contribution is -2.75. The van der Waals surface area contributed by atoms with E-state index in [4.69, 9.17) is 4.74 Å². The Bertz CT molecular complexity index is 1160. The second kappa shape index (κ2) is 9.32. The predicted octanol–water partition coefficient (Wildman–Crippen LogP) is 3.78. The monoisotopic (exact) mass is 498 g/mol. The molecule has 0 saturated heterocycles. The van der Waals surface area contributed by atoms with Gasteiger partial charge in [0.2, 0.25) is 0 Å². The minimum Gasteiger partial charge on any atom is -0.508 e. The van der Waals surface area contributed by atoms with Crippen molar-refractivity contribution < 1.29 is 39.2 Å². The van der Waals surface area contributed by atoms with Gasteiger partial charge in [-0.05, 0) is 54.0 Å². The highest BCUT2D eigenvalue weighted by Gasteiger charge is 2.77. The van der Waals surface area contributed by atoms with E-state index in [2.05, 4.69) is 0 Å². The molecular weight excluding hydrogens is 464 g/mol. The normalized spacial score (nSPS) is 38.2. The Morgan fingerprint density at radius 1 is 1.08 bits per heavy atom. The van der Waals surface area contributed by atoms with Gasteiger partial charge in [-0.25, -0.2) is 4.79 Å². The zero-order valence-electron chi connectivity index (χ0n) is 21.5. The van der Waals surface area contributed by atoms with Crippen LogP contribution >= 0.6 is 0 Å². The minimum atomic E-state index is -2.20. The quantitative estimate of drug-likeness (QED) is 0.120. The summed E-state index contributed by atoms with van der Waals surface area (Å²) < 4.78 is 5.61. The molecule has 3 aliphatic carbocycles. The van der Waals surface area contributed by atoms with Crippen molar-refractivity contribution in [1.29, 1.82) is 0 Å². The Hall–Kier alpha value is -3.26. The van der Waals surface area contributed by atoms with Gasteiger partial charge in [0.05, 0.1) is 5.57 Å². The van der Waals surface area contributed by atoms with E-state index in [1.165, 1.54) is 39.8 Å². The zero-order valence-corrected chi connectivity index (χ0v) is 21.5. The molecule has 6 atom stereocenters. The highest BCUT2D eigenvalue weighted by Crippen LogP contribution is 2.64. The summed E-state index contributed by atoms with van der Waals surface area (Å²) in [6, 6.07) is 0. The maximum absolute atomic E-state index is 13.9. The van der Waals surface area contributed by atoms with Gasteiger partial charge in [-0.15, -0.1) is 0 Å². The fourth-order valence-electron chi connectivity index (χ4n) is 6.18. The van der Waals surface area contributed by atoms with Crippen LogP contribution in [0.2, 0.25) is 0 Å². The number of hydrogen-bond acceptors (Lipinski definition) is 8. The van der Waals surface area contributed by atoms with E-state index in [0.717, 1.165) is 0 Å². The molecule has 0 aromatic heterocycles. The van der Waals surface area contributed by atoms with Crippen LogP contribution < -0.4 is 0 Å². The van der Waals surface area contributed by atoms with E-state index in [-0.39, 0.29) is 17.6 Å². The molecule has 0 amide bonds. The van der Waals surface area contributed by atoms with E-state index in [0.29, 0.717) is 6.42 Å². The Labute approximate surface area is 210 Å². The molecule has 2 bridgehead atoms. The van der Waals surface area contributed by atoms with Crippen LogP contribution in [0, 0.1) is 23.2 Å². The molecule has 0 aromatic carbocycles. The maximum Gasteiger partial charge on any atom is 0.338 e. The van der Waals surface area contributed by atoms with Crippen LogP contribution in [0.15, 0.2) is 59.1 Å². The third kappa shape index (κ3) is 3.70. The number of hydrogen-bond donors (Lipinski definition) is 3. The molecule has 0 radical (unpaired) electrons. The number of rotatable bonds is 7. The molecule has 3 saturated carbocycles. The molecule has 0 spiro atoms. The molecule has 1 unspecified atom stereocenters. The summed E-state index contributed by atoms with van der Waals surface area (Å²) >= 11 is 0. The predicted molar refractivity (Wildman–Crippen MR) is 132 cm³/mol. The van der Waals surface area contributed by atoms with Crippen molar-refractivity contribution in [1.82, 2.24) is 0 Å². The highest BCUT2D eigenvalue weighted by atomic mass is 16.6. The van der Waals surface area contributed by atoms with E-state index in [9.17, 15) is 34.5 Å². The molecule has 3 fully saturated rings. The first-order valence-corrected chi connectivity index (χ1v) is 12.0. The summed E-state index contributed by atoms with van der Waals surface area (Å²) in [6.45, 7) is 8.87. The lowest BCUT2D eigenvalue weighted by molar-refractivity contribution is -0.204. The fraction of sp³-hybridized carbons (Fsp3) is 0.500. The highest BCUT2D eigenvalue weighted by molar-refractivity contribution is 6.23. The second-order valence-corrected chi connectivity index (χ2v) is 10.2. The maximum atomic E-state index is 13.9. The molecule has 8 heteroatoms. The summed E-state index contributed by atoms with van der Waals surface area (Å²) in [6.07, 6.45) is 9.98. The number of cyclic esters (lactones) is 1. The van der Waals surface area contributed by atoms with Gasteiger partial charge in [-0.1, -0.05) is 30.4 Å². The molecule has 3 N–H and O–H groups in total. The molecule has 8 nitrogen and oxygen atoms in total. The van der Waals surface area contributed by atoms with E-state index < -0.39 is 69.2 Å². The number of Topliss-reactive ketones (excluding diaryl/α,β-unsaturated/α-hetero) is 3. The molecule has 4 rings (SSSR count). The van der Waals surface area contributed by atoms with Crippen LogP contribution in [0.5, 0.6) is 0 Å². The first-order chi connectivity index (χ1) is 16.7. The number of ketones is 3. The molecular formula is C28H34O8. The van der Waals surface area contributed by atoms with Crippen molar-refractivity contribution in [2.75, 3.05) is 0 Å². The van der Waals surface area contributed by atoms with Crippen LogP contribution in [0.4, 0.5) is 0 Å². The van der Waals surface area contributed by atoms with Crippen LogP contribution in [0.3, 0.4) is 0 Å². The molecule has 1 heterocycles. The first kappa shape index (κ1) is 27.3. The summed E-state index contributed by atoms with van der Waals surface area (Å²) in [5, 5.41) is 33.5. The number of carbonyl (C=O) groups is 4. The third-order valence-electron chi connectivity index (χ3n) is 7.95. The van der Waals surface area contributed by atoms with E-state index in [1.54, 1.807) is 38.2 Å². The fourth-order valence-corrected chi connectivity index (χ4v) is 6.18. The topological polar surface area (TPSA) is 138 Å². The smallest absolute Gasteiger partial charge is 0.338 e. The summed E-state index contributed by atoms with van der Waals surface area (Å²) in [7, 11) is 0. The van der Waals surface area contributed by atoms with Crippen LogP contribution in [-0.4, -0.2) is 49.8 Å². The minimum absolute atomic E-state index is 0.00374. The van der Waals surface area contributed by atoms with Gasteiger partial charge < -0.3 is 20.1 Å². The van der Waals surface area contributed by atoms with Gasteiger partial charge in [0.15, 0.2) is 17.2 Å². The lowest BCUT2D eigenvalue weighted by atomic mass is 9.40. The Morgan fingerprint density at radius 2 is 1.72 bits per heavy atom. The summed E-state index contributed by atoms with van der Waals surface area (Å²) in [5.74, 6) is -7.69. The number of carbonyl (C=O) groups excluding carboxylic acids is 4. The Kier molecular flexibility index (Phi) is 7.07. The van der Waals surface area contributed by atoms with Crippen LogP contribution in [0.25, 0.3) is 0 Å². The van der Waals surface area contributed by atoms with Crippen molar-refractivity contribution in [2.24, 2.45) is 23.2 Å². The third-order valence-corrected chi connectivity index (χ3v) is 7.95. The Morgan fingerprint density at radius 3 is 2.25 bits per heavy atom. The van der Waals surface area contributed by atoms with Gasteiger partial charge >= 0.3 is 5.97 Å².